The molecule has 0 aliphatic carbocycles. The molecular weight excluding hydrogens is 297 g/mol. The van der Waals surface area contributed by atoms with E-state index in [1.165, 1.54) is 6.07 Å². The number of hydrogen-bond donors (Lipinski definition) is 1. The largest absolute Gasteiger partial charge is 0.493 e. The Labute approximate surface area is 135 Å². The van der Waals surface area contributed by atoms with Gasteiger partial charge in [-0.1, -0.05) is 24.3 Å². The summed E-state index contributed by atoms with van der Waals surface area (Å²) in [5.74, 6) is 0.679. The first kappa shape index (κ1) is 16.8. The van der Waals surface area contributed by atoms with E-state index < -0.39 is 0 Å². The fourth-order valence-corrected chi connectivity index (χ4v) is 2.18. The second-order valence-electron chi connectivity index (χ2n) is 4.96. The van der Waals surface area contributed by atoms with Crippen molar-refractivity contribution < 1.29 is 18.7 Å². The zero-order valence-electron chi connectivity index (χ0n) is 13.3. The molecule has 0 radical (unpaired) electrons. The first-order valence-corrected chi connectivity index (χ1v) is 7.43. The van der Waals surface area contributed by atoms with Crippen LogP contribution in [0.25, 0.3) is 0 Å². The van der Waals surface area contributed by atoms with Crippen molar-refractivity contribution in [2.75, 3.05) is 13.7 Å². The minimum atomic E-state index is -0.370. The number of hydrogen-bond acceptors (Lipinski definition) is 3. The van der Waals surface area contributed by atoms with E-state index in [9.17, 15) is 9.18 Å². The average Bonchev–Trinajstić information content (AvgIpc) is 2.55. The molecule has 0 spiro atoms. The molecule has 2 rings (SSSR count). The molecule has 0 atom stereocenters. The van der Waals surface area contributed by atoms with Gasteiger partial charge in [-0.15, -0.1) is 0 Å². The number of amides is 1. The van der Waals surface area contributed by atoms with E-state index in [0.717, 1.165) is 5.56 Å². The van der Waals surface area contributed by atoms with Gasteiger partial charge in [0.15, 0.2) is 11.5 Å². The van der Waals surface area contributed by atoms with Crippen LogP contribution in [0.2, 0.25) is 0 Å². The molecular formula is C18H20FNO3. The van der Waals surface area contributed by atoms with Crippen molar-refractivity contribution in [1.29, 1.82) is 0 Å². The smallest absolute Gasteiger partial charge is 0.224 e. The molecule has 0 fully saturated rings. The maximum Gasteiger partial charge on any atom is 0.224 e. The van der Waals surface area contributed by atoms with Gasteiger partial charge in [-0.05, 0) is 36.2 Å². The Morgan fingerprint density at radius 3 is 2.65 bits per heavy atom. The molecule has 2 aromatic rings. The standard InChI is InChI=1S/C18H20FNO3/c1-3-23-17-10-13(8-9-16(17)22-2)12-20-18(21)11-14-6-4-5-7-15(14)19/h4-10H,3,11-12H2,1-2H3,(H,20,21). The number of methoxy groups -OCH3 is 1. The SMILES string of the molecule is CCOc1cc(CNC(=O)Cc2ccccc2F)ccc1OC. The molecule has 0 unspecified atom stereocenters. The summed E-state index contributed by atoms with van der Waals surface area (Å²) in [6.07, 6.45) is 0.0150. The van der Waals surface area contributed by atoms with E-state index in [0.29, 0.717) is 30.2 Å². The van der Waals surface area contributed by atoms with Crippen LogP contribution in [0, 0.1) is 5.82 Å². The second-order valence-corrected chi connectivity index (χ2v) is 4.96. The monoisotopic (exact) mass is 317 g/mol. The minimum Gasteiger partial charge on any atom is -0.493 e. The summed E-state index contributed by atoms with van der Waals surface area (Å²) in [6.45, 7) is 2.76. The van der Waals surface area contributed by atoms with Gasteiger partial charge in [-0.2, -0.15) is 0 Å². The van der Waals surface area contributed by atoms with Gasteiger partial charge in [0.1, 0.15) is 5.82 Å². The lowest BCUT2D eigenvalue weighted by Crippen LogP contribution is -2.24. The summed E-state index contributed by atoms with van der Waals surface area (Å²) < 4.78 is 24.2. The van der Waals surface area contributed by atoms with Gasteiger partial charge >= 0.3 is 0 Å². The Morgan fingerprint density at radius 1 is 1.17 bits per heavy atom. The lowest BCUT2D eigenvalue weighted by molar-refractivity contribution is -0.120. The molecule has 0 bridgehead atoms. The number of nitrogens with one attached hydrogen (secondary N) is 1. The summed E-state index contributed by atoms with van der Waals surface area (Å²) in [5, 5.41) is 2.78. The summed E-state index contributed by atoms with van der Waals surface area (Å²) in [4.78, 5) is 11.9. The van der Waals surface area contributed by atoms with Crippen LogP contribution in [0.1, 0.15) is 18.1 Å². The fraction of sp³-hybridized carbons (Fsp3) is 0.278. The third-order valence-corrected chi connectivity index (χ3v) is 3.33. The van der Waals surface area contributed by atoms with Crippen LogP contribution in [0.3, 0.4) is 0 Å². The highest BCUT2D eigenvalue weighted by atomic mass is 19.1. The third kappa shape index (κ3) is 4.71. The summed E-state index contributed by atoms with van der Waals surface area (Å²) in [7, 11) is 1.58. The molecule has 0 saturated carbocycles. The Bertz CT molecular complexity index is 673. The van der Waals surface area contributed by atoms with Crippen LogP contribution in [-0.2, 0) is 17.8 Å². The predicted molar refractivity (Wildman–Crippen MR) is 86.1 cm³/mol. The molecule has 0 heterocycles. The van der Waals surface area contributed by atoms with Crippen LogP contribution in [0.5, 0.6) is 11.5 Å². The van der Waals surface area contributed by atoms with Gasteiger partial charge in [-0.3, -0.25) is 4.79 Å². The van der Waals surface area contributed by atoms with E-state index in [-0.39, 0.29) is 18.1 Å². The minimum absolute atomic E-state index is 0.0150. The molecule has 23 heavy (non-hydrogen) atoms. The highest BCUT2D eigenvalue weighted by Crippen LogP contribution is 2.27. The number of benzene rings is 2. The maximum absolute atomic E-state index is 13.5. The highest BCUT2D eigenvalue weighted by molar-refractivity contribution is 5.78. The third-order valence-electron chi connectivity index (χ3n) is 3.33. The van der Waals surface area contributed by atoms with Crippen LogP contribution in [-0.4, -0.2) is 19.6 Å². The molecule has 5 heteroatoms. The highest BCUT2D eigenvalue weighted by Gasteiger charge is 2.09. The summed E-state index contributed by atoms with van der Waals surface area (Å²) >= 11 is 0. The normalized spacial score (nSPS) is 10.2. The van der Waals surface area contributed by atoms with Gasteiger partial charge in [0.25, 0.3) is 0 Å². The molecule has 0 aliphatic rings. The van der Waals surface area contributed by atoms with E-state index in [1.807, 2.05) is 19.1 Å². The van der Waals surface area contributed by atoms with Gasteiger partial charge in [0.05, 0.1) is 20.1 Å². The number of carbonyl (C=O) groups is 1. The van der Waals surface area contributed by atoms with Crippen molar-refractivity contribution >= 4 is 5.91 Å². The van der Waals surface area contributed by atoms with Crippen LogP contribution in [0.15, 0.2) is 42.5 Å². The molecule has 4 nitrogen and oxygen atoms in total. The average molecular weight is 317 g/mol. The van der Waals surface area contributed by atoms with Crippen molar-refractivity contribution in [3.8, 4) is 11.5 Å². The molecule has 1 amide bonds. The maximum atomic E-state index is 13.5. The molecule has 0 aromatic heterocycles. The van der Waals surface area contributed by atoms with Crippen LogP contribution in [0.4, 0.5) is 4.39 Å². The summed E-state index contributed by atoms with van der Waals surface area (Å²) in [6, 6.07) is 11.7. The predicted octanol–water partition coefficient (Wildman–Crippen LogP) is 3.09. The Morgan fingerprint density at radius 2 is 1.96 bits per heavy atom. The van der Waals surface area contributed by atoms with Crippen molar-refractivity contribution in [2.24, 2.45) is 0 Å². The van der Waals surface area contributed by atoms with Crippen molar-refractivity contribution in [2.45, 2.75) is 19.9 Å². The quantitative estimate of drug-likeness (QED) is 0.853. The lowest BCUT2D eigenvalue weighted by atomic mass is 10.1. The van der Waals surface area contributed by atoms with Crippen molar-refractivity contribution in [3.05, 3.63) is 59.4 Å². The van der Waals surface area contributed by atoms with Gasteiger partial charge in [0, 0.05) is 6.54 Å². The topological polar surface area (TPSA) is 47.6 Å². The van der Waals surface area contributed by atoms with Crippen molar-refractivity contribution in [3.63, 3.8) is 0 Å². The first-order chi connectivity index (χ1) is 11.1. The second kappa shape index (κ2) is 8.17. The van der Waals surface area contributed by atoms with Crippen LogP contribution >= 0.6 is 0 Å². The van der Waals surface area contributed by atoms with E-state index >= 15 is 0 Å². The molecule has 1 N–H and O–H groups in total. The van der Waals surface area contributed by atoms with Crippen molar-refractivity contribution in [1.82, 2.24) is 5.32 Å². The van der Waals surface area contributed by atoms with Gasteiger partial charge in [-0.25, -0.2) is 4.39 Å². The fourth-order valence-electron chi connectivity index (χ4n) is 2.18. The zero-order chi connectivity index (χ0) is 16.7. The van der Waals surface area contributed by atoms with Crippen LogP contribution < -0.4 is 14.8 Å². The van der Waals surface area contributed by atoms with E-state index in [2.05, 4.69) is 5.32 Å². The van der Waals surface area contributed by atoms with E-state index in [1.54, 1.807) is 31.4 Å². The Balaban J connectivity index is 1.96. The van der Waals surface area contributed by atoms with Gasteiger partial charge < -0.3 is 14.8 Å². The first-order valence-electron chi connectivity index (χ1n) is 7.43. The molecule has 2 aromatic carbocycles. The number of rotatable bonds is 7. The number of ether oxygens (including phenoxy) is 2. The lowest BCUT2D eigenvalue weighted by Gasteiger charge is -2.12. The Hall–Kier alpha value is -2.56. The molecule has 122 valence electrons. The summed E-state index contributed by atoms with van der Waals surface area (Å²) in [5.41, 5.74) is 1.27. The molecule has 0 aliphatic heterocycles. The Kier molecular flexibility index (Phi) is 5.97. The van der Waals surface area contributed by atoms with E-state index in [4.69, 9.17) is 9.47 Å². The number of carbonyl (C=O) groups excluding carboxylic acids is 1. The zero-order valence-corrected chi connectivity index (χ0v) is 13.3. The molecule has 0 saturated heterocycles. The van der Waals surface area contributed by atoms with Gasteiger partial charge in [0.2, 0.25) is 5.91 Å². The number of halogens is 1.